The van der Waals surface area contributed by atoms with E-state index in [2.05, 4.69) is 25.8 Å². The van der Waals surface area contributed by atoms with Crippen LogP contribution in [0.5, 0.6) is 11.5 Å². The summed E-state index contributed by atoms with van der Waals surface area (Å²) in [6, 6.07) is 14.0. The zero-order valence-electron chi connectivity index (χ0n) is 51.9. The minimum absolute atomic E-state index is 0.0908. The van der Waals surface area contributed by atoms with Gasteiger partial charge in [0.05, 0.1) is 10.4 Å². The lowest BCUT2D eigenvalue weighted by atomic mass is 9.92. The number of ether oxygens (including phenoxy) is 3. The van der Waals surface area contributed by atoms with Crippen LogP contribution in [0.1, 0.15) is 125 Å². The van der Waals surface area contributed by atoms with E-state index in [9.17, 15) is 43.2 Å². The number of aryl methyl sites for hydroxylation is 1. The molecule has 0 unspecified atom stereocenters. The molecule has 0 radical (unpaired) electrons. The van der Waals surface area contributed by atoms with Gasteiger partial charge < -0.3 is 55.6 Å². The Morgan fingerprint density at radius 2 is 1.54 bits per heavy atom. The molecule has 3 atom stereocenters. The van der Waals surface area contributed by atoms with Crippen LogP contribution in [0.3, 0.4) is 0 Å². The van der Waals surface area contributed by atoms with Crippen LogP contribution in [0.2, 0.25) is 0 Å². The molecule has 24 heteroatoms. The number of aromatic amines is 1. The van der Waals surface area contributed by atoms with Crippen molar-refractivity contribution in [2.75, 3.05) is 82.6 Å². The standard InChI is InChI=1S/C65H83ClN10O12S/c1-40(2)58(71-53(78)17-9-8-12-28-75-54(79)24-25-55(75)80)61(82)70-48(15-10-11-16-52(67)77)60(81)68-45-20-18-42(19-21-45)36-87-63(84)72(6)38-65(4,5)39-73(7)64(85)88-51-33-50-57(56-41(3)37-89-59(51)56)44(34-66)35-76(50)62(83)49-32-43-31-46(22-23-47(43)69-49)86-30-29-74-26-13-14-27-74/h18-25,31-33,37,40,44,48,58,69H,8-17,26-30,34-36,38-39H2,1-7H3,(H2,67,77)(H,68,81)(H,70,82)(H,71,78)/t44-,48-,58-/m0/s1. The van der Waals surface area contributed by atoms with E-state index in [0.29, 0.717) is 73.6 Å². The summed E-state index contributed by atoms with van der Waals surface area (Å²) >= 11 is 8.09. The van der Waals surface area contributed by atoms with Crippen LogP contribution < -0.4 is 36.1 Å². The van der Waals surface area contributed by atoms with Gasteiger partial charge >= 0.3 is 12.2 Å². The second kappa shape index (κ2) is 30.5. The number of H-pyrrole nitrogens is 1. The Kier molecular flexibility index (Phi) is 22.9. The molecule has 478 valence electrons. The van der Waals surface area contributed by atoms with Gasteiger partial charge in [-0.3, -0.25) is 43.4 Å². The van der Waals surface area contributed by atoms with Crippen LogP contribution in [0.25, 0.3) is 21.0 Å². The van der Waals surface area contributed by atoms with Gasteiger partial charge in [0.15, 0.2) is 5.75 Å². The zero-order chi connectivity index (χ0) is 64.1. The van der Waals surface area contributed by atoms with Crippen LogP contribution in [0, 0.1) is 18.3 Å². The number of halogens is 1. The van der Waals surface area contributed by atoms with Gasteiger partial charge in [0.25, 0.3) is 17.7 Å². The van der Waals surface area contributed by atoms with E-state index >= 15 is 0 Å². The number of unbranched alkanes of at least 4 members (excludes halogenated alkanes) is 3. The molecule has 0 saturated carbocycles. The number of benzene rings is 3. The number of likely N-dealkylation sites (tertiary alicyclic amines) is 1. The second-order valence-corrected chi connectivity index (χ2v) is 25.7. The van der Waals surface area contributed by atoms with Gasteiger partial charge in [0, 0.05) is 117 Å². The molecule has 3 aliphatic heterocycles. The molecule has 2 aromatic heterocycles. The Morgan fingerprint density at radius 3 is 2.22 bits per heavy atom. The third-order valence-corrected chi connectivity index (χ3v) is 17.7. The maximum atomic E-state index is 14.5. The van der Waals surface area contributed by atoms with E-state index in [4.69, 9.17) is 31.5 Å². The lowest BCUT2D eigenvalue weighted by Gasteiger charge is -2.33. The molecule has 3 aliphatic rings. The molecule has 5 heterocycles. The summed E-state index contributed by atoms with van der Waals surface area (Å²) in [6.45, 7) is 13.9. The predicted octanol–water partition coefficient (Wildman–Crippen LogP) is 8.97. The number of nitrogens with two attached hydrogens (primary N) is 1. The summed E-state index contributed by atoms with van der Waals surface area (Å²) in [7, 11) is 3.24. The van der Waals surface area contributed by atoms with Crippen molar-refractivity contribution in [3.63, 3.8) is 0 Å². The van der Waals surface area contributed by atoms with Gasteiger partial charge in [0.1, 0.15) is 36.7 Å². The smallest absolute Gasteiger partial charge is 0.415 e. The third kappa shape index (κ3) is 17.7. The molecule has 0 aliphatic carbocycles. The number of rotatable bonds is 30. The Morgan fingerprint density at radius 1 is 0.843 bits per heavy atom. The normalized spacial score (nSPS) is 15.6. The third-order valence-electron chi connectivity index (χ3n) is 16.2. The van der Waals surface area contributed by atoms with Crippen molar-refractivity contribution in [3.8, 4) is 11.5 Å². The number of fused-ring (bicyclic) bond motifs is 4. The van der Waals surface area contributed by atoms with Gasteiger partial charge in [-0.2, -0.15) is 0 Å². The highest BCUT2D eigenvalue weighted by molar-refractivity contribution is 7.17. The van der Waals surface area contributed by atoms with Crippen molar-refractivity contribution in [2.45, 2.75) is 123 Å². The number of imide groups is 1. The molecule has 1 saturated heterocycles. The number of thiophene rings is 1. The highest BCUT2D eigenvalue weighted by Gasteiger charge is 2.38. The first kappa shape index (κ1) is 66.9. The number of nitrogens with zero attached hydrogens (tertiary/aromatic N) is 5. The molecule has 89 heavy (non-hydrogen) atoms. The largest absolute Gasteiger partial charge is 0.492 e. The van der Waals surface area contributed by atoms with E-state index < -0.39 is 47.4 Å². The van der Waals surface area contributed by atoms with Crippen LogP contribution in [-0.4, -0.2) is 163 Å². The second-order valence-electron chi connectivity index (χ2n) is 24.5. The number of primary amides is 1. The van der Waals surface area contributed by atoms with Gasteiger partial charge in [-0.1, -0.05) is 52.7 Å². The molecule has 1 fully saturated rings. The first-order valence-corrected chi connectivity index (χ1v) is 31.9. The summed E-state index contributed by atoms with van der Waals surface area (Å²) in [5.74, 6) is -2.05. The van der Waals surface area contributed by atoms with Crippen molar-refractivity contribution >= 4 is 109 Å². The number of hydrogen-bond acceptors (Lipinski definition) is 14. The molecule has 0 spiro atoms. The number of anilines is 2. The lowest BCUT2D eigenvalue weighted by molar-refractivity contribution is -0.137. The Labute approximate surface area is 528 Å². The summed E-state index contributed by atoms with van der Waals surface area (Å²) in [5.41, 5.74) is 9.49. The summed E-state index contributed by atoms with van der Waals surface area (Å²) in [4.78, 5) is 129. The number of amides is 9. The van der Waals surface area contributed by atoms with Crippen molar-refractivity contribution in [1.29, 1.82) is 0 Å². The zero-order valence-corrected chi connectivity index (χ0v) is 53.5. The molecule has 8 rings (SSSR count). The highest BCUT2D eigenvalue weighted by Crippen LogP contribution is 2.49. The number of alkyl halides is 1. The fraction of sp³-hybridized carbons (Fsp3) is 0.492. The maximum Gasteiger partial charge on any atom is 0.415 e. The summed E-state index contributed by atoms with van der Waals surface area (Å²) < 4.78 is 18.7. The topological polar surface area (TPSA) is 275 Å². The molecular weight excluding hydrogens is 1180 g/mol. The van der Waals surface area contributed by atoms with Crippen molar-refractivity contribution < 1.29 is 57.4 Å². The Balaban J connectivity index is 0.819. The van der Waals surface area contributed by atoms with Crippen molar-refractivity contribution in [2.24, 2.45) is 17.1 Å². The first-order chi connectivity index (χ1) is 42.5. The number of nitrogens with one attached hydrogen (secondary N) is 4. The van der Waals surface area contributed by atoms with E-state index in [1.807, 2.05) is 50.4 Å². The summed E-state index contributed by atoms with van der Waals surface area (Å²) in [5, 5.41) is 12.2. The minimum atomic E-state index is -1.03. The average molecular weight is 1260 g/mol. The van der Waals surface area contributed by atoms with Crippen LogP contribution in [0.4, 0.5) is 21.0 Å². The highest BCUT2D eigenvalue weighted by atomic mass is 35.5. The molecule has 22 nitrogen and oxygen atoms in total. The minimum Gasteiger partial charge on any atom is -0.492 e. The fourth-order valence-corrected chi connectivity index (χ4v) is 13.0. The molecule has 0 bridgehead atoms. The molecule has 6 N–H and O–H groups in total. The molecule has 3 aromatic carbocycles. The van der Waals surface area contributed by atoms with Crippen LogP contribution >= 0.6 is 22.9 Å². The maximum absolute atomic E-state index is 14.5. The quantitative estimate of drug-likeness (QED) is 0.0163. The molecule has 9 amide bonds. The van der Waals surface area contributed by atoms with Crippen LogP contribution in [0.15, 0.2) is 72.1 Å². The number of aromatic nitrogens is 1. The van der Waals surface area contributed by atoms with Gasteiger partial charge in [-0.15, -0.1) is 22.9 Å². The SMILES string of the molecule is Cc1csc2c(OC(=O)N(C)CC(C)(C)CN(C)C(=O)OCc3ccc(NC(=O)[C@H](CCCCC(N)=O)NC(=O)[C@@H](NC(=O)CCCCCN4C(=O)C=CC4=O)C(C)C)cc3)cc3c(c12)[C@@H](CCl)CN3C(=O)c1cc2cc(OCCN3CCCC3)ccc2[nH]1. The predicted molar refractivity (Wildman–Crippen MR) is 342 cm³/mol. The fourth-order valence-electron chi connectivity index (χ4n) is 11.7. The number of carbonyl (C=O) groups excluding carboxylic acids is 9. The monoisotopic (exact) mass is 1260 g/mol. The van der Waals surface area contributed by atoms with E-state index in [1.165, 1.54) is 46.1 Å². The molecule has 5 aromatic rings. The van der Waals surface area contributed by atoms with E-state index in [0.717, 1.165) is 62.4 Å². The van der Waals surface area contributed by atoms with Crippen molar-refractivity contribution in [1.82, 2.24) is 35.2 Å². The van der Waals surface area contributed by atoms with E-state index in [-0.39, 0.29) is 86.8 Å². The van der Waals surface area contributed by atoms with Crippen molar-refractivity contribution in [3.05, 3.63) is 94.5 Å². The first-order valence-electron chi connectivity index (χ1n) is 30.5. The number of carbonyl (C=O) groups is 9. The van der Waals surface area contributed by atoms with E-state index in [1.54, 1.807) is 63.2 Å². The molecular formula is C65H83ClN10O12S. The lowest BCUT2D eigenvalue weighted by Crippen LogP contribution is -2.54. The van der Waals surface area contributed by atoms with Gasteiger partial charge in [-0.25, -0.2) is 9.59 Å². The summed E-state index contributed by atoms with van der Waals surface area (Å²) in [6.07, 6.45) is 6.42. The number of hydrogen-bond donors (Lipinski definition) is 5. The Hall–Kier alpha value is -8.02. The van der Waals surface area contributed by atoms with Gasteiger partial charge in [-0.05, 0) is 123 Å². The Bertz CT molecular complexity index is 3430. The van der Waals surface area contributed by atoms with Gasteiger partial charge in [0.2, 0.25) is 23.6 Å². The van der Waals surface area contributed by atoms with Crippen LogP contribution in [-0.2, 0) is 40.1 Å². The average Bonchev–Trinajstić information content (AvgIpc) is 1.61.